The van der Waals surface area contributed by atoms with Crippen LogP contribution in [0.3, 0.4) is 0 Å². The molecule has 2 N–H and O–H groups in total. The van der Waals surface area contributed by atoms with Crippen LogP contribution in [-0.2, 0) is 10.0 Å². The van der Waals surface area contributed by atoms with Crippen molar-refractivity contribution in [1.29, 1.82) is 0 Å². The smallest absolute Gasteiger partial charge is 0.244 e. The Morgan fingerprint density at radius 1 is 1.26 bits per heavy atom. The lowest BCUT2D eigenvalue weighted by Crippen LogP contribution is -2.43. The molecule has 106 valence electrons. The van der Waals surface area contributed by atoms with Gasteiger partial charge in [-0.15, -0.1) is 0 Å². The number of aryl methyl sites for hydroxylation is 1. The van der Waals surface area contributed by atoms with Gasteiger partial charge in [-0.05, 0) is 57.7 Å². The van der Waals surface area contributed by atoms with E-state index in [4.69, 9.17) is 5.73 Å². The number of rotatable bonds is 2. The summed E-state index contributed by atoms with van der Waals surface area (Å²) >= 11 is 0. The summed E-state index contributed by atoms with van der Waals surface area (Å²) < 4.78 is 27.4. The Kier molecular flexibility index (Phi) is 3.39. The molecular formula is C14H22N2O2S. The van der Waals surface area contributed by atoms with E-state index >= 15 is 0 Å². The molecule has 1 fully saturated rings. The number of hydrogen-bond donors (Lipinski definition) is 1. The number of hydrogen-bond acceptors (Lipinski definition) is 3. The fourth-order valence-corrected chi connectivity index (χ4v) is 5.19. The number of anilines is 1. The van der Waals surface area contributed by atoms with Crippen molar-refractivity contribution in [2.24, 2.45) is 0 Å². The van der Waals surface area contributed by atoms with E-state index in [1.807, 2.05) is 20.8 Å². The normalized spacial score (nSPS) is 19.8. The molecule has 0 saturated carbocycles. The third-order valence-electron chi connectivity index (χ3n) is 4.02. The fourth-order valence-electron chi connectivity index (χ4n) is 2.88. The van der Waals surface area contributed by atoms with Gasteiger partial charge in [-0.3, -0.25) is 0 Å². The molecule has 0 aliphatic carbocycles. The molecule has 0 aromatic heterocycles. The van der Waals surface area contributed by atoms with Gasteiger partial charge in [0.05, 0.1) is 4.90 Å². The second kappa shape index (κ2) is 4.49. The minimum absolute atomic E-state index is 0.317. The van der Waals surface area contributed by atoms with Gasteiger partial charge in [0.15, 0.2) is 0 Å². The van der Waals surface area contributed by atoms with Crippen molar-refractivity contribution in [3.05, 3.63) is 23.3 Å². The maximum absolute atomic E-state index is 12.9. The van der Waals surface area contributed by atoms with Crippen molar-refractivity contribution in [2.75, 3.05) is 12.3 Å². The molecule has 1 aromatic rings. The summed E-state index contributed by atoms with van der Waals surface area (Å²) in [7, 11) is -3.48. The molecule has 0 unspecified atom stereocenters. The highest BCUT2D eigenvalue weighted by Crippen LogP contribution is 2.36. The minimum Gasteiger partial charge on any atom is -0.398 e. The summed E-state index contributed by atoms with van der Waals surface area (Å²) in [6.07, 6.45) is 1.80. The van der Waals surface area contributed by atoms with Crippen molar-refractivity contribution in [3.8, 4) is 0 Å². The van der Waals surface area contributed by atoms with E-state index < -0.39 is 10.0 Å². The Bertz CT molecular complexity index is 606. The van der Waals surface area contributed by atoms with E-state index in [-0.39, 0.29) is 5.54 Å². The number of sulfonamides is 1. The molecule has 0 bridgehead atoms. The molecule has 0 atom stereocenters. The summed E-state index contributed by atoms with van der Waals surface area (Å²) in [4.78, 5) is 0.377. The molecule has 0 amide bonds. The Morgan fingerprint density at radius 3 is 2.42 bits per heavy atom. The number of nitrogens with two attached hydrogens (primary N) is 1. The molecule has 19 heavy (non-hydrogen) atoms. The topological polar surface area (TPSA) is 63.4 Å². The lowest BCUT2D eigenvalue weighted by molar-refractivity contribution is 0.291. The van der Waals surface area contributed by atoms with E-state index in [1.54, 1.807) is 23.4 Å². The fraction of sp³-hybridized carbons (Fsp3) is 0.571. The van der Waals surface area contributed by atoms with E-state index in [0.717, 1.165) is 18.4 Å². The van der Waals surface area contributed by atoms with Gasteiger partial charge in [0.25, 0.3) is 0 Å². The van der Waals surface area contributed by atoms with Crippen molar-refractivity contribution >= 4 is 15.7 Å². The zero-order valence-corrected chi connectivity index (χ0v) is 12.8. The van der Waals surface area contributed by atoms with Gasteiger partial charge in [-0.25, -0.2) is 8.42 Å². The largest absolute Gasteiger partial charge is 0.398 e. The van der Waals surface area contributed by atoms with Crippen LogP contribution >= 0.6 is 0 Å². The van der Waals surface area contributed by atoms with Crippen molar-refractivity contribution in [3.63, 3.8) is 0 Å². The van der Waals surface area contributed by atoms with Gasteiger partial charge in [-0.1, -0.05) is 6.07 Å². The number of nitrogens with zero attached hydrogens (tertiary/aromatic N) is 1. The summed E-state index contributed by atoms with van der Waals surface area (Å²) in [6, 6.07) is 3.54. The second-order valence-corrected chi connectivity index (χ2v) is 7.72. The molecule has 1 aromatic carbocycles. The molecule has 1 aliphatic rings. The number of nitrogen functional groups attached to an aromatic ring is 1. The highest BCUT2D eigenvalue weighted by molar-refractivity contribution is 7.89. The van der Waals surface area contributed by atoms with E-state index in [1.165, 1.54) is 0 Å². The van der Waals surface area contributed by atoms with Crippen molar-refractivity contribution < 1.29 is 8.42 Å². The van der Waals surface area contributed by atoms with Gasteiger partial charge >= 0.3 is 0 Å². The maximum Gasteiger partial charge on any atom is 0.244 e. The molecule has 1 aliphatic heterocycles. The highest BCUT2D eigenvalue weighted by atomic mass is 32.2. The van der Waals surface area contributed by atoms with Crippen molar-refractivity contribution in [1.82, 2.24) is 4.31 Å². The molecule has 2 rings (SSSR count). The Morgan fingerprint density at radius 2 is 1.89 bits per heavy atom. The SMILES string of the molecule is Cc1ccc(N)c(C)c1S(=O)(=O)N1CCCC1(C)C. The predicted molar refractivity (Wildman–Crippen MR) is 77.5 cm³/mol. The van der Waals surface area contributed by atoms with Crippen LogP contribution in [0, 0.1) is 13.8 Å². The Balaban J connectivity index is 2.61. The van der Waals surface area contributed by atoms with Crippen LogP contribution in [0.5, 0.6) is 0 Å². The van der Waals surface area contributed by atoms with Crippen LogP contribution in [0.15, 0.2) is 17.0 Å². The van der Waals surface area contributed by atoms with Crippen LogP contribution in [0.25, 0.3) is 0 Å². The third kappa shape index (κ3) is 2.25. The monoisotopic (exact) mass is 282 g/mol. The molecule has 4 nitrogen and oxygen atoms in total. The summed E-state index contributed by atoms with van der Waals surface area (Å²) in [5.41, 5.74) is 7.50. The predicted octanol–water partition coefficient (Wildman–Crippen LogP) is 2.45. The first-order chi connectivity index (χ1) is 8.68. The summed E-state index contributed by atoms with van der Waals surface area (Å²) in [6.45, 7) is 8.15. The van der Waals surface area contributed by atoms with Gasteiger partial charge in [-0.2, -0.15) is 4.31 Å². The van der Waals surface area contributed by atoms with Crippen molar-refractivity contribution in [2.45, 2.75) is 51.0 Å². The van der Waals surface area contributed by atoms with E-state index in [0.29, 0.717) is 22.7 Å². The average molecular weight is 282 g/mol. The van der Waals surface area contributed by atoms with Crippen LogP contribution in [-0.4, -0.2) is 24.8 Å². The van der Waals surface area contributed by atoms with Gasteiger partial charge in [0, 0.05) is 17.8 Å². The average Bonchev–Trinajstić information content (AvgIpc) is 2.64. The van der Waals surface area contributed by atoms with Gasteiger partial charge in [0.2, 0.25) is 10.0 Å². The summed E-state index contributed by atoms with van der Waals surface area (Å²) in [5.74, 6) is 0. The quantitative estimate of drug-likeness (QED) is 0.847. The van der Waals surface area contributed by atoms with Crippen LogP contribution in [0.1, 0.15) is 37.8 Å². The minimum atomic E-state index is -3.48. The molecule has 1 heterocycles. The Labute approximate surface area is 115 Å². The van der Waals surface area contributed by atoms with Gasteiger partial charge in [0.1, 0.15) is 0 Å². The van der Waals surface area contributed by atoms with Gasteiger partial charge < -0.3 is 5.73 Å². The lowest BCUT2D eigenvalue weighted by Gasteiger charge is -2.31. The first kappa shape index (κ1) is 14.3. The van der Waals surface area contributed by atoms with Crippen LogP contribution in [0.4, 0.5) is 5.69 Å². The lowest BCUT2D eigenvalue weighted by atomic mass is 10.0. The first-order valence-corrected chi connectivity index (χ1v) is 8.00. The van der Waals surface area contributed by atoms with Crippen LogP contribution < -0.4 is 5.73 Å². The zero-order valence-electron chi connectivity index (χ0n) is 12.0. The third-order valence-corrected chi connectivity index (χ3v) is 6.42. The second-order valence-electron chi connectivity index (χ2n) is 5.92. The molecular weight excluding hydrogens is 260 g/mol. The first-order valence-electron chi connectivity index (χ1n) is 6.56. The highest BCUT2D eigenvalue weighted by Gasteiger charge is 2.42. The van der Waals surface area contributed by atoms with Crippen LogP contribution in [0.2, 0.25) is 0 Å². The van der Waals surface area contributed by atoms with E-state index in [9.17, 15) is 8.42 Å². The molecule has 5 heteroatoms. The molecule has 0 spiro atoms. The summed E-state index contributed by atoms with van der Waals surface area (Å²) in [5, 5.41) is 0. The zero-order chi connectivity index (χ0) is 14.4. The Hall–Kier alpha value is -1.07. The standard InChI is InChI=1S/C14H22N2O2S/c1-10-6-7-12(15)11(2)13(10)19(17,18)16-9-5-8-14(16,3)4/h6-7H,5,8-9,15H2,1-4H3. The number of benzene rings is 1. The molecule has 0 radical (unpaired) electrons. The van der Waals surface area contributed by atoms with E-state index in [2.05, 4.69) is 0 Å². The molecule has 1 saturated heterocycles. The maximum atomic E-state index is 12.9.